The van der Waals surface area contributed by atoms with Crippen LogP contribution >= 0.6 is 0 Å². The Morgan fingerprint density at radius 1 is 1.57 bits per heavy atom. The van der Waals surface area contributed by atoms with Crippen LogP contribution in [0, 0.1) is 0 Å². The molecular formula is C5H8F2. The van der Waals surface area contributed by atoms with Gasteiger partial charge in [-0.25, -0.2) is 8.78 Å². The molecule has 0 saturated carbocycles. The molecular weight excluding hydrogens is 98.1 g/mol. The van der Waals surface area contributed by atoms with E-state index in [4.69, 9.17) is 0 Å². The van der Waals surface area contributed by atoms with Crippen LogP contribution in [-0.2, 0) is 0 Å². The number of allylic oxidation sites excluding steroid dienone is 1. The summed E-state index contributed by atoms with van der Waals surface area (Å²) in [5.41, 5.74) is 0. The van der Waals surface area contributed by atoms with Gasteiger partial charge in [-0.3, -0.25) is 0 Å². The lowest BCUT2D eigenvalue weighted by Gasteiger charge is -1.89. The van der Waals surface area contributed by atoms with Crippen molar-refractivity contribution in [2.24, 2.45) is 0 Å². The molecule has 0 nitrogen and oxygen atoms in total. The number of hydrogen-bond donors (Lipinski definition) is 0. The van der Waals surface area contributed by atoms with E-state index in [1.165, 1.54) is 6.08 Å². The predicted octanol–water partition coefficient (Wildman–Crippen LogP) is 2.22. The van der Waals surface area contributed by atoms with Crippen LogP contribution in [0.3, 0.4) is 0 Å². The summed E-state index contributed by atoms with van der Waals surface area (Å²) in [6.07, 6.45) is -0.314. The fraction of sp³-hybridized carbons (Fsp3) is 0.600. The Labute approximate surface area is 41.8 Å². The largest absolute Gasteiger partial charge is 0.238 e. The Balaban J connectivity index is 2.81. The summed E-state index contributed by atoms with van der Waals surface area (Å²) in [6, 6.07) is 0. The van der Waals surface area contributed by atoms with Gasteiger partial charge in [-0.1, -0.05) is 6.08 Å². The van der Waals surface area contributed by atoms with Crippen molar-refractivity contribution in [2.75, 3.05) is 0 Å². The minimum absolute atomic E-state index is 0.0521. The van der Waals surface area contributed by atoms with Gasteiger partial charge >= 0.3 is 0 Å². The van der Waals surface area contributed by atoms with Crippen molar-refractivity contribution in [3.05, 3.63) is 12.7 Å². The topological polar surface area (TPSA) is 0 Å². The molecule has 7 heavy (non-hydrogen) atoms. The SMILES string of the molecule is C=CCCC(F)F. The molecule has 0 aromatic rings. The van der Waals surface area contributed by atoms with Crippen molar-refractivity contribution in [2.45, 2.75) is 19.3 Å². The van der Waals surface area contributed by atoms with Gasteiger partial charge in [0.25, 0.3) is 0 Å². The van der Waals surface area contributed by atoms with Crippen LogP contribution < -0.4 is 0 Å². The first kappa shape index (κ1) is 6.60. The lowest BCUT2D eigenvalue weighted by molar-refractivity contribution is 0.139. The standard InChI is InChI=1S/C5H8F2/c1-2-3-4-5(6)7/h2,5H,1,3-4H2. The fourth-order valence-electron chi connectivity index (χ4n) is 0.244. The Hall–Kier alpha value is -0.400. The summed E-state index contributed by atoms with van der Waals surface area (Å²) in [5.74, 6) is 0. The van der Waals surface area contributed by atoms with Crippen LogP contribution in [-0.4, -0.2) is 6.43 Å². The molecule has 0 fully saturated rings. The molecule has 0 radical (unpaired) electrons. The van der Waals surface area contributed by atoms with Gasteiger partial charge in [0.1, 0.15) is 0 Å². The van der Waals surface area contributed by atoms with Gasteiger partial charge in [-0.15, -0.1) is 6.58 Å². The van der Waals surface area contributed by atoms with Gasteiger partial charge < -0.3 is 0 Å². The van der Waals surface area contributed by atoms with E-state index >= 15 is 0 Å². The first-order valence-corrected chi connectivity index (χ1v) is 2.16. The van der Waals surface area contributed by atoms with Gasteiger partial charge in [0.05, 0.1) is 0 Å². The number of rotatable bonds is 3. The Morgan fingerprint density at radius 3 is 2.29 bits per heavy atom. The Morgan fingerprint density at radius 2 is 2.14 bits per heavy atom. The van der Waals surface area contributed by atoms with E-state index in [-0.39, 0.29) is 6.42 Å². The smallest absolute Gasteiger partial charge is 0.211 e. The van der Waals surface area contributed by atoms with E-state index in [1.54, 1.807) is 0 Å². The van der Waals surface area contributed by atoms with Crippen LogP contribution in [0.15, 0.2) is 12.7 Å². The van der Waals surface area contributed by atoms with Crippen molar-refractivity contribution in [3.8, 4) is 0 Å². The van der Waals surface area contributed by atoms with Gasteiger partial charge in [-0.05, 0) is 6.42 Å². The second-order valence-electron chi connectivity index (χ2n) is 1.26. The van der Waals surface area contributed by atoms with Gasteiger partial charge in [0.15, 0.2) is 0 Å². The molecule has 0 amide bonds. The Kier molecular flexibility index (Phi) is 3.56. The summed E-state index contributed by atoms with van der Waals surface area (Å²) < 4.78 is 22.3. The van der Waals surface area contributed by atoms with E-state index in [1.807, 2.05) is 0 Å². The zero-order chi connectivity index (χ0) is 5.70. The molecule has 0 aliphatic heterocycles. The molecule has 0 aromatic heterocycles. The summed E-state index contributed by atoms with van der Waals surface area (Å²) in [5, 5.41) is 0. The zero-order valence-corrected chi connectivity index (χ0v) is 4.03. The summed E-state index contributed by atoms with van der Waals surface area (Å²) in [7, 11) is 0. The second-order valence-corrected chi connectivity index (χ2v) is 1.26. The molecule has 0 spiro atoms. The molecule has 0 unspecified atom stereocenters. The van der Waals surface area contributed by atoms with E-state index in [2.05, 4.69) is 6.58 Å². The maximum absolute atomic E-state index is 11.2. The number of hydrogen-bond acceptors (Lipinski definition) is 0. The van der Waals surface area contributed by atoms with Crippen LogP contribution in [0.4, 0.5) is 8.78 Å². The lowest BCUT2D eigenvalue weighted by atomic mass is 10.3. The van der Waals surface area contributed by atoms with Crippen LogP contribution in [0.1, 0.15) is 12.8 Å². The first-order valence-electron chi connectivity index (χ1n) is 2.16. The molecule has 0 atom stereocenters. The summed E-state index contributed by atoms with van der Waals surface area (Å²) >= 11 is 0. The van der Waals surface area contributed by atoms with Crippen molar-refractivity contribution in [1.29, 1.82) is 0 Å². The van der Waals surface area contributed by atoms with E-state index < -0.39 is 6.43 Å². The quantitative estimate of drug-likeness (QED) is 0.484. The molecule has 0 rings (SSSR count). The van der Waals surface area contributed by atoms with E-state index in [0.717, 1.165) is 0 Å². The second kappa shape index (κ2) is 3.78. The molecule has 0 aliphatic carbocycles. The maximum atomic E-state index is 11.2. The van der Waals surface area contributed by atoms with Crippen molar-refractivity contribution in [3.63, 3.8) is 0 Å². The highest BCUT2D eigenvalue weighted by molar-refractivity contribution is 4.65. The van der Waals surface area contributed by atoms with E-state index in [0.29, 0.717) is 6.42 Å². The number of alkyl halides is 2. The monoisotopic (exact) mass is 106 g/mol. The van der Waals surface area contributed by atoms with Crippen LogP contribution in [0.5, 0.6) is 0 Å². The van der Waals surface area contributed by atoms with Crippen LogP contribution in [0.25, 0.3) is 0 Å². The summed E-state index contributed by atoms with van der Waals surface area (Å²) in [4.78, 5) is 0. The average Bonchev–Trinajstić information content (AvgIpc) is 1.61. The third-order valence-corrected chi connectivity index (χ3v) is 0.589. The fourth-order valence-corrected chi connectivity index (χ4v) is 0.244. The molecule has 0 bridgehead atoms. The molecule has 0 N–H and O–H groups in total. The molecule has 0 aromatic carbocycles. The third-order valence-electron chi connectivity index (χ3n) is 0.589. The minimum Gasteiger partial charge on any atom is -0.211 e. The van der Waals surface area contributed by atoms with Gasteiger partial charge in [0.2, 0.25) is 6.43 Å². The van der Waals surface area contributed by atoms with Crippen LogP contribution in [0.2, 0.25) is 0 Å². The molecule has 0 heterocycles. The van der Waals surface area contributed by atoms with Crippen molar-refractivity contribution >= 4 is 0 Å². The third kappa shape index (κ3) is 5.60. The highest BCUT2D eigenvalue weighted by Gasteiger charge is 1.96. The minimum atomic E-state index is -2.17. The van der Waals surface area contributed by atoms with Crippen molar-refractivity contribution in [1.82, 2.24) is 0 Å². The van der Waals surface area contributed by atoms with Crippen molar-refractivity contribution < 1.29 is 8.78 Å². The molecule has 0 saturated heterocycles. The predicted molar refractivity (Wildman–Crippen MR) is 25.4 cm³/mol. The average molecular weight is 106 g/mol. The van der Waals surface area contributed by atoms with Gasteiger partial charge in [-0.2, -0.15) is 0 Å². The molecule has 42 valence electrons. The number of halogens is 2. The molecule has 0 aliphatic rings. The molecule has 2 heteroatoms. The first-order chi connectivity index (χ1) is 3.27. The van der Waals surface area contributed by atoms with Gasteiger partial charge in [0, 0.05) is 6.42 Å². The lowest BCUT2D eigenvalue weighted by Crippen LogP contribution is -1.85. The Bertz CT molecular complexity index is 50.0. The zero-order valence-electron chi connectivity index (χ0n) is 4.03. The highest BCUT2D eigenvalue weighted by atomic mass is 19.3. The maximum Gasteiger partial charge on any atom is 0.238 e. The highest BCUT2D eigenvalue weighted by Crippen LogP contribution is 2.01. The normalized spacial score (nSPS) is 9.57. The summed E-state index contributed by atoms with van der Waals surface area (Å²) in [6.45, 7) is 3.30. The van der Waals surface area contributed by atoms with E-state index in [9.17, 15) is 8.78 Å².